The van der Waals surface area contributed by atoms with E-state index < -0.39 is 17.6 Å². The molecule has 17 heavy (non-hydrogen) atoms. The summed E-state index contributed by atoms with van der Waals surface area (Å²) in [6.07, 6.45) is -4.73. The molecule has 2 nitrogen and oxygen atoms in total. The van der Waals surface area contributed by atoms with Crippen molar-refractivity contribution in [3.05, 3.63) is 35.1 Å². The van der Waals surface area contributed by atoms with Crippen molar-refractivity contribution in [3.8, 4) is 0 Å². The second-order valence-electron chi connectivity index (χ2n) is 2.95. The van der Waals surface area contributed by atoms with E-state index in [1.807, 2.05) is 0 Å². The number of alkyl halides is 3. The van der Waals surface area contributed by atoms with Gasteiger partial charge in [-0.3, -0.25) is 5.41 Å². The molecule has 0 saturated heterocycles. The lowest BCUT2D eigenvalue weighted by molar-refractivity contribution is -0.140. The number of rotatable bonds is 2. The average Bonchev–Trinajstić information content (AvgIpc) is 2.16. The Morgan fingerprint density at radius 2 is 1.94 bits per heavy atom. The van der Waals surface area contributed by atoms with Gasteiger partial charge in [0.05, 0.1) is 12.2 Å². The first-order chi connectivity index (χ1) is 7.36. The molecule has 0 amide bonds. The van der Waals surface area contributed by atoms with Crippen LogP contribution in [0.1, 0.15) is 18.1 Å². The molecule has 0 bridgehead atoms. The third kappa shape index (κ3) is 3.89. The quantitative estimate of drug-likeness (QED) is 0.497. The van der Waals surface area contributed by atoms with Crippen LogP contribution in [0.25, 0.3) is 0 Å². The lowest BCUT2D eigenvalue weighted by Crippen LogP contribution is -2.11. The van der Waals surface area contributed by atoms with E-state index in [0.717, 1.165) is 6.07 Å². The molecule has 0 radical (unpaired) electrons. The summed E-state index contributed by atoms with van der Waals surface area (Å²) in [5.74, 6) is -1.76. The largest absolute Gasteiger partial charge is 0.478 e. The van der Waals surface area contributed by atoms with Gasteiger partial charge in [-0.15, -0.1) is 12.4 Å². The molecule has 1 aromatic carbocycles. The van der Waals surface area contributed by atoms with Crippen molar-refractivity contribution < 1.29 is 22.3 Å². The summed E-state index contributed by atoms with van der Waals surface area (Å²) in [6.45, 7) is 1.82. The van der Waals surface area contributed by atoms with Gasteiger partial charge in [0.25, 0.3) is 0 Å². The van der Waals surface area contributed by atoms with Crippen molar-refractivity contribution in [2.45, 2.75) is 13.1 Å². The van der Waals surface area contributed by atoms with E-state index in [0.29, 0.717) is 12.1 Å². The van der Waals surface area contributed by atoms with Crippen LogP contribution in [0, 0.1) is 11.2 Å². The Morgan fingerprint density at radius 1 is 1.35 bits per heavy atom. The zero-order chi connectivity index (χ0) is 12.3. The van der Waals surface area contributed by atoms with E-state index in [1.165, 1.54) is 0 Å². The SMILES string of the molecule is CCOC(=N)c1ccc(C(F)(F)F)c(F)c1.Cl. The molecule has 0 fully saturated rings. The van der Waals surface area contributed by atoms with E-state index in [2.05, 4.69) is 0 Å². The van der Waals surface area contributed by atoms with Gasteiger partial charge in [-0.25, -0.2) is 4.39 Å². The second kappa shape index (κ2) is 5.86. The molecule has 1 aromatic rings. The summed E-state index contributed by atoms with van der Waals surface area (Å²) in [5.41, 5.74) is -1.37. The monoisotopic (exact) mass is 271 g/mol. The fourth-order valence-electron chi connectivity index (χ4n) is 1.11. The Kier molecular flexibility index (Phi) is 5.41. The highest BCUT2D eigenvalue weighted by molar-refractivity contribution is 5.91. The molecule has 0 aromatic heterocycles. The minimum Gasteiger partial charge on any atom is -0.478 e. The Morgan fingerprint density at radius 3 is 2.35 bits per heavy atom. The van der Waals surface area contributed by atoms with E-state index in [9.17, 15) is 17.6 Å². The highest BCUT2D eigenvalue weighted by Crippen LogP contribution is 2.31. The zero-order valence-corrected chi connectivity index (χ0v) is 9.58. The van der Waals surface area contributed by atoms with Gasteiger partial charge in [-0.2, -0.15) is 13.2 Å². The van der Waals surface area contributed by atoms with Gasteiger partial charge in [-0.05, 0) is 25.1 Å². The summed E-state index contributed by atoms with van der Waals surface area (Å²) < 4.78 is 54.4. The van der Waals surface area contributed by atoms with E-state index in [-0.39, 0.29) is 30.5 Å². The van der Waals surface area contributed by atoms with Crippen LogP contribution < -0.4 is 0 Å². The first-order valence-corrected chi connectivity index (χ1v) is 4.44. The number of benzene rings is 1. The summed E-state index contributed by atoms with van der Waals surface area (Å²) in [4.78, 5) is 0. The van der Waals surface area contributed by atoms with E-state index in [1.54, 1.807) is 6.92 Å². The summed E-state index contributed by atoms with van der Waals surface area (Å²) in [6, 6.07) is 2.24. The highest BCUT2D eigenvalue weighted by atomic mass is 35.5. The lowest BCUT2D eigenvalue weighted by atomic mass is 10.1. The molecule has 96 valence electrons. The van der Waals surface area contributed by atoms with Crippen molar-refractivity contribution in [1.82, 2.24) is 0 Å². The van der Waals surface area contributed by atoms with Crippen LogP contribution in [-0.4, -0.2) is 12.5 Å². The van der Waals surface area contributed by atoms with Crippen LogP contribution in [0.15, 0.2) is 18.2 Å². The predicted octanol–water partition coefficient (Wildman–Crippen LogP) is 3.63. The minimum atomic E-state index is -4.73. The van der Waals surface area contributed by atoms with Crippen LogP contribution in [-0.2, 0) is 10.9 Å². The number of hydrogen-bond acceptors (Lipinski definition) is 2. The Hall–Kier alpha value is -1.30. The molecule has 0 spiro atoms. The maximum Gasteiger partial charge on any atom is 0.419 e. The van der Waals surface area contributed by atoms with Crippen LogP contribution in [0.4, 0.5) is 17.6 Å². The van der Waals surface area contributed by atoms with Crippen LogP contribution in [0.5, 0.6) is 0 Å². The molecule has 1 rings (SSSR count). The standard InChI is InChI=1S/C10H9F4NO.ClH/c1-2-16-9(15)6-3-4-7(8(11)5-6)10(12,13)14;/h3-5,15H,2H2,1H3;1H. The Labute approximate surface area is 102 Å². The summed E-state index contributed by atoms with van der Waals surface area (Å²) >= 11 is 0. The molecule has 0 atom stereocenters. The predicted molar refractivity (Wildman–Crippen MR) is 57.1 cm³/mol. The summed E-state index contributed by atoms with van der Waals surface area (Å²) in [7, 11) is 0. The van der Waals surface area contributed by atoms with Gasteiger partial charge in [0.1, 0.15) is 5.82 Å². The third-order valence-corrected chi connectivity index (χ3v) is 1.83. The first-order valence-electron chi connectivity index (χ1n) is 4.44. The Bertz CT molecular complexity index is 406. The fourth-order valence-corrected chi connectivity index (χ4v) is 1.11. The fraction of sp³-hybridized carbons (Fsp3) is 0.300. The second-order valence-corrected chi connectivity index (χ2v) is 2.95. The van der Waals surface area contributed by atoms with E-state index in [4.69, 9.17) is 10.1 Å². The van der Waals surface area contributed by atoms with Crippen LogP contribution in [0.3, 0.4) is 0 Å². The molecule has 7 heteroatoms. The topological polar surface area (TPSA) is 33.1 Å². The molecule has 0 heterocycles. The van der Waals surface area contributed by atoms with Crippen molar-refractivity contribution >= 4 is 18.3 Å². The van der Waals surface area contributed by atoms with Crippen LogP contribution >= 0.6 is 12.4 Å². The number of ether oxygens (including phenoxy) is 1. The van der Waals surface area contributed by atoms with Crippen LogP contribution in [0.2, 0.25) is 0 Å². The van der Waals surface area contributed by atoms with Gasteiger partial charge in [0.2, 0.25) is 5.90 Å². The maximum absolute atomic E-state index is 13.1. The smallest absolute Gasteiger partial charge is 0.419 e. The van der Waals surface area contributed by atoms with Crippen molar-refractivity contribution in [1.29, 1.82) is 5.41 Å². The highest BCUT2D eigenvalue weighted by Gasteiger charge is 2.34. The van der Waals surface area contributed by atoms with Gasteiger partial charge in [0, 0.05) is 5.56 Å². The third-order valence-electron chi connectivity index (χ3n) is 1.83. The maximum atomic E-state index is 13.1. The number of halogens is 5. The molecule has 0 aliphatic rings. The lowest BCUT2D eigenvalue weighted by Gasteiger charge is -2.10. The zero-order valence-electron chi connectivity index (χ0n) is 8.77. The normalized spacial score (nSPS) is 10.6. The minimum absolute atomic E-state index is 0. The van der Waals surface area contributed by atoms with Crippen molar-refractivity contribution in [2.24, 2.45) is 0 Å². The summed E-state index contributed by atoms with van der Waals surface area (Å²) in [5, 5.41) is 7.28. The number of nitrogens with one attached hydrogen (secondary N) is 1. The van der Waals surface area contributed by atoms with Gasteiger partial charge >= 0.3 is 6.18 Å². The average molecular weight is 272 g/mol. The van der Waals surface area contributed by atoms with Gasteiger partial charge in [-0.1, -0.05) is 0 Å². The molecular weight excluding hydrogens is 262 g/mol. The van der Waals surface area contributed by atoms with Gasteiger partial charge in [0.15, 0.2) is 0 Å². The Balaban J connectivity index is 0.00000256. The van der Waals surface area contributed by atoms with Crippen molar-refractivity contribution in [2.75, 3.05) is 6.61 Å². The molecule has 0 unspecified atom stereocenters. The molecule has 1 N–H and O–H groups in total. The first kappa shape index (κ1) is 15.7. The van der Waals surface area contributed by atoms with Crippen molar-refractivity contribution in [3.63, 3.8) is 0 Å². The number of hydrogen-bond donors (Lipinski definition) is 1. The molecule has 0 saturated carbocycles. The molecule has 0 aliphatic carbocycles. The van der Waals surface area contributed by atoms with Gasteiger partial charge < -0.3 is 4.74 Å². The van der Waals surface area contributed by atoms with E-state index >= 15 is 0 Å². The molecule has 0 aliphatic heterocycles. The molecular formula is C10H10ClF4NO.